The summed E-state index contributed by atoms with van der Waals surface area (Å²) in [5, 5.41) is 22.4. The molecule has 14 nitrogen and oxygen atoms in total. The number of amides is 3. The number of fused-ring (bicyclic) bond motifs is 3. The highest BCUT2D eigenvalue weighted by molar-refractivity contribution is 7.22. The normalized spacial score (nSPS) is 16.3. The van der Waals surface area contributed by atoms with Crippen LogP contribution in [-0.2, 0) is 42.6 Å². The molecule has 3 aliphatic rings. The van der Waals surface area contributed by atoms with Gasteiger partial charge in [-0.25, -0.2) is 9.97 Å². The number of para-hydroxylation sites is 1. The Morgan fingerprint density at radius 1 is 0.847 bits per heavy atom. The van der Waals surface area contributed by atoms with E-state index in [9.17, 15) is 19.5 Å². The van der Waals surface area contributed by atoms with Gasteiger partial charge in [0.1, 0.15) is 17.3 Å². The van der Waals surface area contributed by atoms with E-state index in [4.69, 9.17) is 14.8 Å². The number of pyridine rings is 1. The number of nitrogens with zero attached hydrogens (tertiary/aromatic N) is 7. The van der Waals surface area contributed by atoms with Gasteiger partial charge in [0, 0.05) is 74.9 Å². The molecule has 5 aromatic carbocycles. The second-order valence-electron chi connectivity index (χ2n) is 19.1. The van der Waals surface area contributed by atoms with Crippen molar-refractivity contribution >= 4 is 66.8 Å². The summed E-state index contributed by atoms with van der Waals surface area (Å²) in [4.78, 5) is 54.7. The summed E-state index contributed by atoms with van der Waals surface area (Å²) in [5.41, 5.74) is 11.1. The van der Waals surface area contributed by atoms with Gasteiger partial charge in [-0.1, -0.05) is 59.9 Å². The first kappa shape index (κ1) is 46.9. The average Bonchev–Trinajstić information content (AvgIpc) is 3.97. The highest BCUT2D eigenvalue weighted by Crippen LogP contribution is 2.37. The van der Waals surface area contributed by atoms with Gasteiger partial charge in [-0.05, 0) is 140 Å². The lowest BCUT2D eigenvalue weighted by Gasteiger charge is -2.36. The number of thiazole rings is 1. The van der Waals surface area contributed by atoms with Crippen LogP contribution < -0.4 is 25.2 Å². The zero-order chi connectivity index (χ0) is 49.3. The van der Waals surface area contributed by atoms with Crippen LogP contribution >= 0.6 is 11.3 Å². The third kappa shape index (κ3) is 9.67. The van der Waals surface area contributed by atoms with Crippen molar-refractivity contribution in [1.29, 1.82) is 0 Å². The summed E-state index contributed by atoms with van der Waals surface area (Å²) in [6.07, 6.45) is 4.81. The first-order valence-corrected chi connectivity index (χ1v) is 25.8. The van der Waals surface area contributed by atoms with Gasteiger partial charge in [-0.3, -0.25) is 34.6 Å². The van der Waals surface area contributed by atoms with E-state index in [0.717, 1.165) is 143 Å². The van der Waals surface area contributed by atoms with Crippen LogP contribution in [0.25, 0.3) is 32.2 Å². The predicted molar refractivity (Wildman–Crippen MR) is 283 cm³/mol. The molecule has 0 bridgehead atoms. The van der Waals surface area contributed by atoms with Crippen molar-refractivity contribution in [3.63, 3.8) is 0 Å². The van der Waals surface area contributed by atoms with Gasteiger partial charge in [-0.15, -0.1) is 0 Å². The molecule has 0 spiro atoms. The van der Waals surface area contributed by atoms with Gasteiger partial charge in [0.05, 0.1) is 39.6 Å². The molecule has 3 amide bonds. The van der Waals surface area contributed by atoms with Gasteiger partial charge in [0.15, 0.2) is 5.13 Å². The average molecular weight is 980 g/mol. The van der Waals surface area contributed by atoms with Gasteiger partial charge in [0.25, 0.3) is 5.91 Å². The number of benzene rings is 5. The van der Waals surface area contributed by atoms with Crippen molar-refractivity contribution < 1.29 is 24.2 Å². The first-order valence-electron chi connectivity index (χ1n) is 24.9. The number of hydrogen-bond acceptors (Lipinski definition) is 12. The molecule has 6 heterocycles. The van der Waals surface area contributed by atoms with Crippen molar-refractivity contribution in [1.82, 2.24) is 30.0 Å². The van der Waals surface area contributed by atoms with Gasteiger partial charge in [0.2, 0.25) is 11.8 Å². The molecule has 11 rings (SSSR count). The molecule has 0 radical (unpaired) electrons. The van der Waals surface area contributed by atoms with E-state index in [1.807, 2.05) is 97.5 Å². The Kier molecular flexibility index (Phi) is 13.2. The lowest BCUT2D eigenvalue weighted by atomic mass is 9.93. The molecule has 3 aliphatic heterocycles. The number of piperazine rings is 1. The van der Waals surface area contributed by atoms with Gasteiger partial charge >= 0.3 is 0 Å². The topological polar surface area (TPSA) is 158 Å². The fourth-order valence-electron chi connectivity index (χ4n) is 10.6. The molecule has 8 aromatic rings. The second-order valence-corrected chi connectivity index (χ2v) is 20.1. The number of aryl methyl sites for hydroxylation is 2. The first-order chi connectivity index (χ1) is 35.1. The van der Waals surface area contributed by atoms with Crippen LogP contribution in [0.1, 0.15) is 75.6 Å². The number of imide groups is 1. The molecule has 0 aliphatic carbocycles. The van der Waals surface area contributed by atoms with Crippen molar-refractivity contribution in [2.75, 3.05) is 54.4 Å². The second kappa shape index (κ2) is 20.3. The predicted octanol–water partition coefficient (Wildman–Crippen LogP) is 9.32. The molecule has 3 N–H and O–H groups in total. The summed E-state index contributed by atoms with van der Waals surface area (Å²) < 4.78 is 9.35. The van der Waals surface area contributed by atoms with E-state index in [1.54, 1.807) is 0 Å². The summed E-state index contributed by atoms with van der Waals surface area (Å²) in [7, 11) is 1.92. The lowest BCUT2D eigenvalue weighted by Crippen LogP contribution is -2.46. The Labute approximate surface area is 422 Å². The fraction of sp³-hybridized carbons (Fsp3) is 0.298. The van der Waals surface area contributed by atoms with Crippen molar-refractivity contribution in [3.8, 4) is 22.6 Å². The minimum Gasteiger partial charge on any atom is -0.457 e. The number of rotatable bonds is 14. The molecule has 15 heteroatoms. The number of aliphatic hydroxyl groups is 1. The smallest absolute Gasteiger partial charge is 0.257 e. The van der Waals surface area contributed by atoms with E-state index < -0.39 is 5.92 Å². The standard InChI is InChI=1S/C57H57N9O5S/c1-36-41(42-22-24-52(58-48(42)35-67)66-28-26-38-10-7-12-43(46(38)34-66)55(69)61-57-59-47-13-3-4-15-51(47)72-57)11-8-14-50(36)71-40-19-16-37(17-20-40)9-5-6-27-64-29-31-65(32-30-64)39-18-21-44-49(33-39)63(2)62-54(44)45-23-25-53(68)60-56(45)70/h3-4,7-8,10-22,24,33,45,67H,5-6,9,23,25-32,34-35H2,1-2H3,(H,59,61,69)(H,60,68,70). The molecule has 366 valence electrons. The number of hydrogen-bond donors (Lipinski definition) is 3. The Hall–Kier alpha value is -7.46. The minimum absolute atomic E-state index is 0.181. The number of aliphatic hydroxyl groups excluding tert-OH is 1. The molecule has 1 atom stereocenters. The maximum atomic E-state index is 13.7. The largest absolute Gasteiger partial charge is 0.457 e. The molecule has 3 aromatic heterocycles. The number of anilines is 3. The van der Waals surface area contributed by atoms with Gasteiger partial charge < -0.3 is 19.6 Å². The molecule has 2 fully saturated rings. The van der Waals surface area contributed by atoms with Crippen LogP contribution in [0, 0.1) is 6.92 Å². The molecule has 0 saturated carbocycles. The van der Waals surface area contributed by atoms with E-state index in [0.29, 0.717) is 35.8 Å². The summed E-state index contributed by atoms with van der Waals surface area (Å²) in [6.45, 7) is 8.05. The molecular formula is C57H57N9O5S. The number of nitrogens with one attached hydrogen (secondary N) is 2. The van der Waals surface area contributed by atoms with Crippen molar-refractivity contribution in [2.45, 2.75) is 64.5 Å². The van der Waals surface area contributed by atoms with E-state index in [-0.39, 0.29) is 24.3 Å². The van der Waals surface area contributed by atoms with Crippen LogP contribution in [0.2, 0.25) is 0 Å². The quantitative estimate of drug-likeness (QED) is 0.0705. The minimum atomic E-state index is -0.406. The third-order valence-electron chi connectivity index (χ3n) is 14.6. The Morgan fingerprint density at radius 3 is 2.50 bits per heavy atom. The molecule has 72 heavy (non-hydrogen) atoms. The molecular weight excluding hydrogens is 923 g/mol. The summed E-state index contributed by atoms with van der Waals surface area (Å²) >= 11 is 1.46. The SMILES string of the molecule is Cc1c(Oc2ccc(CCCCN3CCN(c4ccc5c(C6CCC(=O)NC6=O)nn(C)c5c4)CC3)cc2)cccc1-c1ccc(N2CCc3cccc(C(=O)Nc4nc5ccccc5s4)c3C2)nc1CO. The molecule has 2 saturated heterocycles. The Morgan fingerprint density at radius 2 is 1.68 bits per heavy atom. The fourth-order valence-corrected chi connectivity index (χ4v) is 11.4. The number of piperidine rings is 1. The maximum absolute atomic E-state index is 13.7. The zero-order valence-electron chi connectivity index (χ0n) is 40.6. The third-order valence-corrected chi connectivity index (χ3v) is 15.5. The van der Waals surface area contributed by atoms with Crippen molar-refractivity contribution in [3.05, 3.63) is 154 Å². The molecule has 1 unspecified atom stereocenters. The van der Waals surface area contributed by atoms with Crippen LogP contribution in [0.4, 0.5) is 16.6 Å². The summed E-state index contributed by atoms with van der Waals surface area (Å²) in [5.74, 6) is 1.20. The highest BCUT2D eigenvalue weighted by atomic mass is 32.1. The number of carbonyl (C=O) groups is 3. The summed E-state index contributed by atoms with van der Waals surface area (Å²) in [6, 6.07) is 38.6. The van der Waals surface area contributed by atoms with Crippen molar-refractivity contribution in [2.24, 2.45) is 7.05 Å². The van der Waals surface area contributed by atoms with Crippen LogP contribution in [0.15, 0.2) is 115 Å². The van der Waals surface area contributed by atoms with E-state index in [2.05, 4.69) is 66.7 Å². The van der Waals surface area contributed by atoms with Crippen LogP contribution in [0.5, 0.6) is 11.5 Å². The Balaban J connectivity index is 0.667. The lowest BCUT2D eigenvalue weighted by molar-refractivity contribution is -0.134. The monoisotopic (exact) mass is 979 g/mol. The van der Waals surface area contributed by atoms with Gasteiger partial charge in [-0.2, -0.15) is 5.10 Å². The van der Waals surface area contributed by atoms with Crippen LogP contribution in [-0.4, -0.2) is 86.7 Å². The zero-order valence-corrected chi connectivity index (χ0v) is 41.4. The van der Waals surface area contributed by atoms with E-state index >= 15 is 0 Å². The maximum Gasteiger partial charge on any atom is 0.257 e. The number of aromatic nitrogens is 4. The highest BCUT2D eigenvalue weighted by Gasteiger charge is 2.32. The van der Waals surface area contributed by atoms with E-state index in [1.165, 1.54) is 16.9 Å². The number of carbonyl (C=O) groups excluding carboxylic acids is 3. The number of unbranched alkanes of at least 4 members (excludes halogenated alkanes) is 1. The number of ether oxygens (including phenoxy) is 1. The van der Waals surface area contributed by atoms with Crippen LogP contribution in [0.3, 0.4) is 0 Å². The Bertz CT molecular complexity index is 3310.